The van der Waals surface area contributed by atoms with Crippen molar-refractivity contribution in [2.45, 2.75) is 51.1 Å². The van der Waals surface area contributed by atoms with Crippen molar-refractivity contribution in [1.82, 2.24) is 15.1 Å². The van der Waals surface area contributed by atoms with E-state index in [0.717, 1.165) is 37.9 Å². The lowest BCUT2D eigenvalue weighted by Crippen LogP contribution is -2.42. The largest absolute Gasteiger partial charge is 0.299 e. The SMILES string of the molecule is CCCNC1(C#N)CCC(n2cc(Cl)c(C)n2)C1. The van der Waals surface area contributed by atoms with Crippen LogP contribution < -0.4 is 5.32 Å². The van der Waals surface area contributed by atoms with Crippen molar-refractivity contribution in [3.05, 3.63) is 16.9 Å². The molecule has 1 saturated carbocycles. The van der Waals surface area contributed by atoms with E-state index in [9.17, 15) is 5.26 Å². The van der Waals surface area contributed by atoms with Crippen LogP contribution in [0.1, 0.15) is 44.3 Å². The molecule has 0 radical (unpaired) electrons. The van der Waals surface area contributed by atoms with Gasteiger partial charge in [0, 0.05) is 12.6 Å². The zero-order valence-corrected chi connectivity index (χ0v) is 11.7. The Kier molecular flexibility index (Phi) is 3.94. The lowest BCUT2D eigenvalue weighted by atomic mass is 9.99. The third-order valence-electron chi connectivity index (χ3n) is 3.65. The van der Waals surface area contributed by atoms with E-state index in [1.54, 1.807) is 0 Å². The smallest absolute Gasteiger partial charge is 0.108 e. The number of halogens is 1. The predicted octanol–water partition coefficient (Wildman–Crippen LogP) is 2.83. The van der Waals surface area contributed by atoms with Crippen LogP contribution >= 0.6 is 11.6 Å². The van der Waals surface area contributed by atoms with Gasteiger partial charge in [-0.2, -0.15) is 10.4 Å². The molecule has 1 aromatic rings. The van der Waals surface area contributed by atoms with Crippen molar-refractivity contribution in [2.24, 2.45) is 0 Å². The summed E-state index contributed by atoms with van der Waals surface area (Å²) in [5.74, 6) is 0. The summed E-state index contributed by atoms with van der Waals surface area (Å²) in [4.78, 5) is 0. The molecule has 1 N–H and O–H groups in total. The molecule has 0 aliphatic heterocycles. The molecule has 0 bridgehead atoms. The van der Waals surface area contributed by atoms with Crippen LogP contribution in [0.4, 0.5) is 0 Å². The minimum Gasteiger partial charge on any atom is -0.299 e. The van der Waals surface area contributed by atoms with Crippen molar-refractivity contribution in [1.29, 1.82) is 5.26 Å². The number of nitrogens with one attached hydrogen (secondary N) is 1. The zero-order chi connectivity index (χ0) is 13.2. The molecule has 1 heterocycles. The van der Waals surface area contributed by atoms with Crippen molar-refractivity contribution >= 4 is 11.6 Å². The van der Waals surface area contributed by atoms with Crippen LogP contribution in [0.5, 0.6) is 0 Å². The Balaban J connectivity index is 2.09. The molecule has 1 aliphatic carbocycles. The number of nitriles is 1. The summed E-state index contributed by atoms with van der Waals surface area (Å²) >= 11 is 6.03. The van der Waals surface area contributed by atoms with Crippen LogP contribution in [-0.2, 0) is 0 Å². The van der Waals surface area contributed by atoms with E-state index in [2.05, 4.69) is 23.4 Å². The summed E-state index contributed by atoms with van der Waals surface area (Å²) in [6, 6.07) is 2.73. The van der Waals surface area contributed by atoms with Crippen LogP contribution in [0.25, 0.3) is 0 Å². The van der Waals surface area contributed by atoms with Gasteiger partial charge >= 0.3 is 0 Å². The quantitative estimate of drug-likeness (QED) is 0.912. The zero-order valence-electron chi connectivity index (χ0n) is 10.9. The Morgan fingerprint density at radius 1 is 1.72 bits per heavy atom. The molecule has 4 nitrogen and oxygen atoms in total. The summed E-state index contributed by atoms with van der Waals surface area (Å²) in [5.41, 5.74) is 0.472. The van der Waals surface area contributed by atoms with E-state index >= 15 is 0 Å². The highest BCUT2D eigenvalue weighted by molar-refractivity contribution is 6.31. The van der Waals surface area contributed by atoms with Gasteiger partial charge < -0.3 is 0 Å². The van der Waals surface area contributed by atoms with Gasteiger partial charge in [-0.15, -0.1) is 0 Å². The van der Waals surface area contributed by atoms with Gasteiger partial charge in [0.15, 0.2) is 0 Å². The first-order valence-electron chi connectivity index (χ1n) is 6.48. The molecule has 0 spiro atoms. The first kappa shape index (κ1) is 13.4. The van der Waals surface area contributed by atoms with Crippen molar-refractivity contribution in [3.8, 4) is 6.07 Å². The topological polar surface area (TPSA) is 53.6 Å². The van der Waals surface area contributed by atoms with Gasteiger partial charge in [-0.25, -0.2) is 0 Å². The molecular weight excluding hydrogens is 248 g/mol. The number of rotatable bonds is 4. The molecule has 98 valence electrons. The minimum absolute atomic E-state index is 0.278. The average molecular weight is 267 g/mol. The monoisotopic (exact) mass is 266 g/mol. The number of aromatic nitrogens is 2. The fraction of sp³-hybridized carbons (Fsp3) is 0.692. The Bertz CT molecular complexity index is 443. The molecule has 0 saturated heterocycles. The third-order valence-corrected chi connectivity index (χ3v) is 4.02. The van der Waals surface area contributed by atoms with Crippen LogP contribution in [-0.4, -0.2) is 21.9 Å². The maximum absolute atomic E-state index is 9.40. The van der Waals surface area contributed by atoms with Gasteiger partial charge in [-0.1, -0.05) is 18.5 Å². The molecule has 18 heavy (non-hydrogen) atoms. The van der Waals surface area contributed by atoms with Gasteiger partial charge in [0.05, 0.1) is 22.8 Å². The van der Waals surface area contributed by atoms with Gasteiger partial charge in [0.25, 0.3) is 0 Å². The lowest BCUT2D eigenvalue weighted by molar-refractivity contribution is 0.388. The van der Waals surface area contributed by atoms with Crippen molar-refractivity contribution in [2.75, 3.05) is 6.54 Å². The first-order valence-corrected chi connectivity index (χ1v) is 6.85. The highest BCUT2D eigenvalue weighted by Gasteiger charge is 2.40. The van der Waals surface area contributed by atoms with Gasteiger partial charge in [-0.3, -0.25) is 10.00 Å². The normalized spacial score (nSPS) is 27.3. The Morgan fingerprint density at radius 3 is 3.06 bits per heavy atom. The summed E-state index contributed by atoms with van der Waals surface area (Å²) in [6.07, 6.45) is 5.57. The second-order valence-corrected chi connectivity index (χ2v) is 5.47. The number of hydrogen-bond acceptors (Lipinski definition) is 3. The summed E-state index contributed by atoms with van der Waals surface area (Å²) < 4.78 is 1.92. The molecule has 0 aromatic carbocycles. The fourth-order valence-corrected chi connectivity index (χ4v) is 2.70. The highest BCUT2D eigenvalue weighted by atomic mass is 35.5. The van der Waals surface area contributed by atoms with Gasteiger partial charge in [0.2, 0.25) is 0 Å². The van der Waals surface area contributed by atoms with Crippen molar-refractivity contribution in [3.63, 3.8) is 0 Å². The molecule has 1 aliphatic rings. The molecule has 2 atom stereocenters. The predicted molar refractivity (Wildman–Crippen MR) is 71.5 cm³/mol. The number of nitrogens with zero attached hydrogens (tertiary/aromatic N) is 3. The van der Waals surface area contributed by atoms with E-state index < -0.39 is 0 Å². The van der Waals surface area contributed by atoms with Crippen LogP contribution in [0, 0.1) is 18.3 Å². The molecule has 1 aromatic heterocycles. The van der Waals surface area contributed by atoms with E-state index in [1.165, 1.54) is 0 Å². The van der Waals surface area contributed by atoms with Gasteiger partial charge in [0.1, 0.15) is 5.54 Å². The van der Waals surface area contributed by atoms with Crippen LogP contribution in [0.2, 0.25) is 5.02 Å². The Hall–Kier alpha value is -1.05. The Morgan fingerprint density at radius 2 is 2.50 bits per heavy atom. The van der Waals surface area contributed by atoms with E-state index in [-0.39, 0.29) is 11.6 Å². The minimum atomic E-state index is -0.382. The summed E-state index contributed by atoms with van der Waals surface area (Å²) in [7, 11) is 0. The van der Waals surface area contributed by atoms with E-state index in [0.29, 0.717) is 5.02 Å². The average Bonchev–Trinajstić information content (AvgIpc) is 2.93. The molecule has 2 unspecified atom stereocenters. The second kappa shape index (κ2) is 5.29. The highest BCUT2D eigenvalue weighted by Crippen LogP contribution is 2.37. The molecule has 0 amide bonds. The van der Waals surface area contributed by atoms with E-state index in [1.807, 2.05) is 17.8 Å². The molecule has 2 rings (SSSR count). The molecule has 5 heteroatoms. The summed E-state index contributed by atoms with van der Waals surface area (Å²) in [5, 5.41) is 17.9. The van der Waals surface area contributed by atoms with Crippen LogP contribution in [0.15, 0.2) is 6.20 Å². The molecular formula is C13H19ClN4. The van der Waals surface area contributed by atoms with Gasteiger partial charge in [-0.05, 0) is 32.7 Å². The van der Waals surface area contributed by atoms with Crippen LogP contribution in [0.3, 0.4) is 0 Å². The standard InChI is InChI=1S/C13H19ClN4/c1-3-6-16-13(9-15)5-4-11(7-13)18-8-12(14)10(2)17-18/h8,11,16H,3-7H2,1-2H3. The summed E-state index contributed by atoms with van der Waals surface area (Å²) in [6.45, 7) is 4.90. The van der Waals surface area contributed by atoms with Crippen molar-refractivity contribution < 1.29 is 0 Å². The second-order valence-electron chi connectivity index (χ2n) is 5.06. The number of aryl methyl sites for hydroxylation is 1. The van der Waals surface area contributed by atoms with E-state index in [4.69, 9.17) is 11.6 Å². The first-order chi connectivity index (χ1) is 8.60. The maximum Gasteiger partial charge on any atom is 0.108 e. The third kappa shape index (κ3) is 2.52. The fourth-order valence-electron chi connectivity index (χ4n) is 2.56. The Labute approximate surface area is 113 Å². The molecule has 1 fully saturated rings. The number of hydrogen-bond donors (Lipinski definition) is 1. The maximum atomic E-state index is 9.40. The lowest BCUT2D eigenvalue weighted by Gasteiger charge is -2.22.